The maximum absolute atomic E-state index is 6.81. The predicted octanol–water partition coefficient (Wildman–Crippen LogP) is 10.2. The van der Waals surface area contributed by atoms with Crippen molar-refractivity contribution in [3.8, 4) is 34.3 Å². The number of fused-ring (bicyclic) bond motifs is 7. The summed E-state index contributed by atoms with van der Waals surface area (Å²) in [5, 5.41) is 4.73. The fourth-order valence-corrected chi connectivity index (χ4v) is 6.53. The van der Waals surface area contributed by atoms with Crippen molar-refractivity contribution in [2.45, 2.75) is 0 Å². The summed E-state index contributed by atoms with van der Waals surface area (Å²) in [6.07, 6.45) is 0. The van der Waals surface area contributed by atoms with Crippen LogP contribution >= 0.6 is 0 Å². The van der Waals surface area contributed by atoms with E-state index in [1.54, 1.807) is 0 Å². The van der Waals surface area contributed by atoms with Crippen LogP contribution in [-0.4, -0.2) is 14.1 Å². The number of oxazole rings is 1. The second-order valence-corrected chi connectivity index (χ2v) is 10.8. The van der Waals surface area contributed by atoms with Gasteiger partial charge in [-0.1, -0.05) is 109 Å². The van der Waals surface area contributed by atoms with E-state index in [1.165, 1.54) is 27.1 Å². The summed E-state index contributed by atoms with van der Waals surface area (Å²) in [7, 11) is 0. The number of hydrogen-bond donors (Lipinski definition) is 0. The molecule has 0 atom stereocenters. The second kappa shape index (κ2) is 9.33. The Hall–Kier alpha value is -5.87. The summed E-state index contributed by atoms with van der Waals surface area (Å²) in [6, 6.07) is 52.8. The Morgan fingerprint density at radius 3 is 1.74 bits per heavy atom. The van der Waals surface area contributed by atoms with Crippen molar-refractivity contribution in [2.75, 3.05) is 0 Å². The van der Waals surface area contributed by atoms with Crippen molar-refractivity contribution < 1.29 is 4.42 Å². The number of hydrogen-bond acceptors (Lipinski definition) is 2. The van der Waals surface area contributed by atoms with Gasteiger partial charge in [-0.15, -0.1) is 0 Å². The Balaban J connectivity index is 1.48. The summed E-state index contributed by atoms with van der Waals surface area (Å²) < 4.78 is 11.5. The zero-order chi connectivity index (χ0) is 28.3. The Morgan fingerprint density at radius 1 is 0.442 bits per heavy atom. The molecule has 3 aromatic heterocycles. The Labute approximate surface area is 247 Å². The third kappa shape index (κ3) is 3.53. The molecule has 0 radical (unpaired) electrons. The lowest BCUT2D eigenvalue weighted by atomic mass is 10.1. The summed E-state index contributed by atoms with van der Waals surface area (Å²) >= 11 is 0. The first-order valence-electron chi connectivity index (χ1n) is 14.5. The van der Waals surface area contributed by atoms with E-state index < -0.39 is 0 Å². The Morgan fingerprint density at radius 2 is 1.02 bits per heavy atom. The van der Waals surface area contributed by atoms with Gasteiger partial charge in [0, 0.05) is 38.4 Å². The molecule has 0 unspecified atom stereocenters. The standard InChI is InChI=1S/C39H25N3O/c1-4-14-26(15-5-1)36-39(43-38(40-36)27-16-6-2-7-17-27)42-32-22-12-10-20-29(32)30-24-25-34-35(37(30)42)31-21-11-13-23-33(31)41(34)28-18-8-3-9-19-28/h1-25H. The molecule has 4 heteroatoms. The van der Waals surface area contributed by atoms with Gasteiger partial charge in [0.05, 0.1) is 22.1 Å². The van der Waals surface area contributed by atoms with E-state index >= 15 is 0 Å². The first-order valence-corrected chi connectivity index (χ1v) is 14.5. The van der Waals surface area contributed by atoms with Gasteiger partial charge in [-0.05, 0) is 42.5 Å². The molecular formula is C39H25N3O. The molecule has 6 aromatic carbocycles. The third-order valence-corrected chi connectivity index (χ3v) is 8.36. The topological polar surface area (TPSA) is 35.9 Å². The molecule has 0 N–H and O–H groups in total. The lowest BCUT2D eigenvalue weighted by Gasteiger charge is -2.09. The first kappa shape index (κ1) is 23.8. The highest BCUT2D eigenvalue weighted by Crippen LogP contribution is 2.44. The Bertz CT molecular complexity index is 2430. The zero-order valence-corrected chi connectivity index (χ0v) is 23.2. The molecule has 3 heterocycles. The van der Waals surface area contributed by atoms with E-state index in [9.17, 15) is 0 Å². The van der Waals surface area contributed by atoms with Gasteiger partial charge in [0.25, 0.3) is 0 Å². The van der Waals surface area contributed by atoms with E-state index in [4.69, 9.17) is 9.40 Å². The van der Waals surface area contributed by atoms with Gasteiger partial charge < -0.3 is 8.98 Å². The molecule has 0 aliphatic heterocycles. The van der Waals surface area contributed by atoms with Crippen molar-refractivity contribution in [3.05, 3.63) is 152 Å². The van der Waals surface area contributed by atoms with Crippen LogP contribution in [0.1, 0.15) is 0 Å². The molecule has 4 nitrogen and oxygen atoms in total. The number of benzene rings is 6. The number of para-hydroxylation sites is 3. The maximum atomic E-state index is 6.81. The average molecular weight is 552 g/mol. The molecule has 0 aliphatic rings. The van der Waals surface area contributed by atoms with Gasteiger partial charge in [0.15, 0.2) is 0 Å². The predicted molar refractivity (Wildman–Crippen MR) is 176 cm³/mol. The second-order valence-electron chi connectivity index (χ2n) is 10.8. The van der Waals surface area contributed by atoms with Crippen LogP contribution in [0.3, 0.4) is 0 Å². The monoisotopic (exact) mass is 551 g/mol. The van der Waals surface area contributed by atoms with Crippen molar-refractivity contribution in [1.82, 2.24) is 14.1 Å². The summed E-state index contributed by atoms with van der Waals surface area (Å²) in [6.45, 7) is 0. The van der Waals surface area contributed by atoms with Crippen LogP contribution in [0.4, 0.5) is 0 Å². The molecule has 0 fully saturated rings. The van der Waals surface area contributed by atoms with Crippen molar-refractivity contribution >= 4 is 43.6 Å². The van der Waals surface area contributed by atoms with Crippen LogP contribution in [0.2, 0.25) is 0 Å². The van der Waals surface area contributed by atoms with Crippen molar-refractivity contribution in [3.63, 3.8) is 0 Å². The molecule has 43 heavy (non-hydrogen) atoms. The van der Waals surface area contributed by atoms with Crippen LogP contribution in [-0.2, 0) is 0 Å². The number of rotatable bonds is 4. The fourth-order valence-electron chi connectivity index (χ4n) is 6.53. The van der Waals surface area contributed by atoms with E-state index in [0.29, 0.717) is 11.8 Å². The van der Waals surface area contributed by atoms with Crippen molar-refractivity contribution in [1.29, 1.82) is 0 Å². The summed E-state index contributed by atoms with van der Waals surface area (Å²) in [5.74, 6) is 1.31. The van der Waals surface area contributed by atoms with E-state index in [2.05, 4.69) is 112 Å². The molecule has 0 saturated carbocycles. The van der Waals surface area contributed by atoms with Crippen molar-refractivity contribution in [2.24, 2.45) is 0 Å². The average Bonchev–Trinajstić information content (AvgIpc) is 3.76. The first-order chi connectivity index (χ1) is 21.4. The lowest BCUT2D eigenvalue weighted by molar-refractivity contribution is 0.555. The smallest absolute Gasteiger partial charge is 0.233 e. The molecule has 9 aromatic rings. The molecular weight excluding hydrogens is 526 g/mol. The molecule has 0 spiro atoms. The quantitative estimate of drug-likeness (QED) is 0.218. The highest BCUT2D eigenvalue weighted by Gasteiger charge is 2.25. The van der Waals surface area contributed by atoms with E-state index in [0.717, 1.165) is 39.1 Å². The highest BCUT2D eigenvalue weighted by molar-refractivity contribution is 6.26. The minimum absolute atomic E-state index is 0.597. The van der Waals surface area contributed by atoms with Crippen LogP contribution < -0.4 is 0 Å². The Kier molecular flexibility index (Phi) is 5.16. The molecule has 0 aliphatic carbocycles. The van der Waals surface area contributed by atoms with Gasteiger partial charge in [-0.25, -0.2) is 4.98 Å². The number of aromatic nitrogens is 3. The van der Waals surface area contributed by atoms with Crippen LogP contribution in [0, 0.1) is 0 Å². The van der Waals surface area contributed by atoms with Gasteiger partial charge in [0.1, 0.15) is 5.69 Å². The van der Waals surface area contributed by atoms with Gasteiger partial charge >= 0.3 is 0 Å². The molecule has 0 bridgehead atoms. The minimum Gasteiger partial charge on any atom is -0.419 e. The summed E-state index contributed by atoms with van der Waals surface area (Å²) in [4.78, 5) is 5.12. The minimum atomic E-state index is 0.597. The van der Waals surface area contributed by atoms with Gasteiger partial charge in [-0.3, -0.25) is 4.57 Å². The molecule has 0 saturated heterocycles. The van der Waals surface area contributed by atoms with Crippen LogP contribution in [0.15, 0.2) is 156 Å². The third-order valence-electron chi connectivity index (χ3n) is 8.36. The van der Waals surface area contributed by atoms with Crippen LogP contribution in [0.25, 0.3) is 77.9 Å². The number of nitrogens with zero attached hydrogens (tertiary/aromatic N) is 3. The fraction of sp³-hybridized carbons (Fsp3) is 0. The lowest BCUT2D eigenvalue weighted by Crippen LogP contribution is -1.96. The molecule has 0 amide bonds. The normalized spacial score (nSPS) is 11.7. The van der Waals surface area contributed by atoms with Crippen LogP contribution in [0.5, 0.6) is 0 Å². The maximum Gasteiger partial charge on any atom is 0.233 e. The largest absolute Gasteiger partial charge is 0.419 e. The van der Waals surface area contributed by atoms with Gasteiger partial charge in [0.2, 0.25) is 11.8 Å². The van der Waals surface area contributed by atoms with E-state index in [-0.39, 0.29) is 0 Å². The summed E-state index contributed by atoms with van der Waals surface area (Å²) in [5.41, 5.74) is 8.39. The molecule has 202 valence electrons. The zero-order valence-electron chi connectivity index (χ0n) is 23.2. The van der Waals surface area contributed by atoms with E-state index in [1.807, 2.05) is 48.5 Å². The SMILES string of the molecule is c1ccc(-c2nc(-c3ccccc3)c(-n3c4ccccc4c4ccc5c(c6ccccc6n5-c5ccccc5)c43)o2)cc1. The highest BCUT2D eigenvalue weighted by atomic mass is 16.4. The van der Waals surface area contributed by atoms with Gasteiger partial charge in [-0.2, -0.15) is 0 Å². The molecule has 9 rings (SSSR count).